The minimum atomic E-state index is -0.499. The zero-order valence-corrected chi connectivity index (χ0v) is 11.1. The minimum absolute atomic E-state index is 0.0396. The minimum Gasteiger partial charge on any atom is -0.461 e. The van der Waals surface area contributed by atoms with E-state index in [1.54, 1.807) is 0 Å². The van der Waals surface area contributed by atoms with Gasteiger partial charge in [-0.3, -0.25) is 9.89 Å². The van der Waals surface area contributed by atoms with Crippen LogP contribution in [-0.4, -0.2) is 35.7 Å². The fourth-order valence-electron chi connectivity index (χ4n) is 1.70. The van der Waals surface area contributed by atoms with Gasteiger partial charge >= 0.3 is 5.97 Å². The summed E-state index contributed by atoms with van der Waals surface area (Å²) in [4.78, 5) is 23.0. The van der Waals surface area contributed by atoms with Crippen molar-refractivity contribution in [2.75, 3.05) is 13.7 Å². The summed E-state index contributed by atoms with van der Waals surface area (Å²) in [6, 6.07) is 9.37. The molecule has 6 heteroatoms. The molecule has 0 fully saturated rings. The van der Waals surface area contributed by atoms with Crippen molar-refractivity contribution in [2.24, 2.45) is 0 Å². The average molecular weight is 273 g/mol. The third-order valence-electron chi connectivity index (χ3n) is 2.76. The zero-order valence-electron chi connectivity index (χ0n) is 11.1. The van der Waals surface area contributed by atoms with Crippen molar-refractivity contribution < 1.29 is 14.3 Å². The van der Waals surface area contributed by atoms with E-state index in [1.165, 1.54) is 13.2 Å². The van der Waals surface area contributed by atoms with E-state index < -0.39 is 5.97 Å². The lowest BCUT2D eigenvalue weighted by atomic mass is 10.1. The molecule has 0 atom stereocenters. The van der Waals surface area contributed by atoms with Crippen molar-refractivity contribution in [3.05, 3.63) is 42.1 Å². The number of rotatable bonds is 5. The molecular weight excluding hydrogens is 258 g/mol. The number of esters is 1. The van der Waals surface area contributed by atoms with Crippen molar-refractivity contribution in [3.63, 3.8) is 0 Å². The van der Waals surface area contributed by atoms with Crippen LogP contribution in [0.1, 0.15) is 16.8 Å². The van der Waals surface area contributed by atoms with Gasteiger partial charge in [-0.2, -0.15) is 5.10 Å². The molecule has 0 aliphatic heterocycles. The number of benzene rings is 1. The number of carbonyl (C=O) groups excluding carboxylic acids is 2. The highest BCUT2D eigenvalue weighted by molar-refractivity contribution is 5.96. The summed E-state index contributed by atoms with van der Waals surface area (Å²) < 4.78 is 5.06. The van der Waals surface area contributed by atoms with Crippen molar-refractivity contribution in [2.45, 2.75) is 6.42 Å². The fourth-order valence-corrected chi connectivity index (χ4v) is 1.70. The Morgan fingerprint density at radius 1 is 1.30 bits per heavy atom. The summed E-state index contributed by atoms with van der Waals surface area (Å²) >= 11 is 0. The van der Waals surface area contributed by atoms with Gasteiger partial charge in [0.25, 0.3) is 0 Å². The lowest BCUT2D eigenvalue weighted by molar-refractivity contribution is -0.121. The Hall–Kier alpha value is -2.63. The zero-order chi connectivity index (χ0) is 14.4. The molecule has 0 spiro atoms. The second kappa shape index (κ2) is 6.51. The first-order chi connectivity index (χ1) is 9.72. The van der Waals surface area contributed by atoms with Gasteiger partial charge in [-0.15, -0.1) is 0 Å². The van der Waals surface area contributed by atoms with Gasteiger partial charge in [0.05, 0.1) is 18.3 Å². The van der Waals surface area contributed by atoms with E-state index in [0.717, 1.165) is 5.56 Å². The molecule has 2 rings (SSSR count). The molecule has 2 aromatic rings. The Morgan fingerprint density at radius 3 is 2.75 bits per heavy atom. The molecule has 0 aliphatic rings. The van der Waals surface area contributed by atoms with Crippen molar-refractivity contribution in [1.82, 2.24) is 15.5 Å². The number of aromatic amines is 1. The number of nitrogens with one attached hydrogen (secondary N) is 2. The molecule has 104 valence electrons. The van der Waals surface area contributed by atoms with Crippen LogP contribution in [0, 0.1) is 0 Å². The van der Waals surface area contributed by atoms with Crippen LogP contribution < -0.4 is 5.32 Å². The number of H-pyrrole nitrogens is 1. The molecule has 0 unspecified atom stereocenters. The van der Waals surface area contributed by atoms with Gasteiger partial charge in [-0.05, 0) is 0 Å². The maximum Gasteiger partial charge on any atom is 0.342 e. The number of amides is 1. The maximum absolute atomic E-state index is 12.0. The first-order valence-corrected chi connectivity index (χ1v) is 6.19. The molecule has 0 saturated heterocycles. The molecule has 0 saturated carbocycles. The van der Waals surface area contributed by atoms with Crippen LogP contribution in [0.5, 0.6) is 0 Å². The number of nitrogens with zero attached hydrogens (tertiary/aromatic N) is 1. The lowest BCUT2D eigenvalue weighted by Gasteiger charge is -2.05. The van der Waals surface area contributed by atoms with E-state index in [4.69, 9.17) is 4.74 Å². The number of hydrogen-bond donors (Lipinski definition) is 2. The molecule has 0 bridgehead atoms. The highest BCUT2D eigenvalue weighted by Gasteiger charge is 2.16. The normalized spacial score (nSPS) is 10.1. The summed E-state index contributed by atoms with van der Waals surface area (Å²) in [7, 11) is 1.54. The number of aromatic nitrogens is 2. The molecule has 0 radical (unpaired) electrons. The average Bonchev–Trinajstić information content (AvgIpc) is 2.97. The van der Waals surface area contributed by atoms with Gasteiger partial charge in [0.1, 0.15) is 12.2 Å². The van der Waals surface area contributed by atoms with E-state index in [-0.39, 0.29) is 18.9 Å². The largest absolute Gasteiger partial charge is 0.461 e. The topological polar surface area (TPSA) is 84.1 Å². The van der Waals surface area contributed by atoms with Gasteiger partial charge in [0.2, 0.25) is 5.91 Å². The second-order valence-electron chi connectivity index (χ2n) is 4.08. The first kappa shape index (κ1) is 13.8. The molecule has 2 N–H and O–H groups in total. The van der Waals surface area contributed by atoms with Gasteiger partial charge in [0, 0.05) is 12.6 Å². The third kappa shape index (κ3) is 3.23. The van der Waals surface area contributed by atoms with Crippen LogP contribution in [0.25, 0.3) is 11.3 Å². The summed E-state index contributed by atoms with van der Waals surface area (Å²) in [6.45, 7) is 0.0396. The lowest BCUT2D eigenvalue weighted by Crippen LogP contribution is -2.20. The van der Waals surface area contributed by atoms with E-state index in [9.17, 15) is 9.59 Å². The van der Waals surface area contributed by atoms with E-state index >= 15 is 0 Å². The van der Waals surface area contributed by atoms with Gasteiger partial charge in [-0.1, -0.05) is 30.3 Å². The van der Waals surface area contributed by atoms with Crippen LogP contribution >= 0.6 is 0 Å². The Balaban J connectivity index is 2.05. The summed E-state index contributed by atoms with van der Waals surface area (Å²) in [5.74, 6) is -0.671. The highest BCUT2D eigenvalue weighted by atomic mass is 16.5. The summed E-state index contributed by atoms with van der Waals surface area (Å²) in [6.07, 6.45) is 1.56. The summed E-state index contributed by atoms with van der Waals surface area (Å²) in [5.41, 5.74) is 1.81. The van der Waals surface area contributed by atoms with Crippen LogP contribution in [0.15, 0.2) is 36.5 Å². The van der Waals surface area contributed by atoms with Gasteiger partial charge in [0.15, 0.2) is 0 Å². The Morgan fingerprint density at radius 2 is 2.05 bits per heavy atom. The number of hydrogen-bond acceptors (Lipinski definition) is 4. The SMILES string of the molecule is CNC(=O)CCOC(=O)c1cn[nH]c1-c1ccccc1. The van der Waals surface area contributed by atoms with Crippen LogP contribution in [0.2, 0.25) is 0 Å². The van der Waals surface area contributed by atoms with Crippen molar-refractivity contribution >= 4 is 11.9 Å². The molecule has 0 aliphatic carbocycles. The maximum atomic E-state index is 12.0. The predicted molar refractivity (Wildman–Crippen MR) is 73.0 cm³/mol. The molecule has 1 aromatic carbocycles. The number of carbonyl (C=O) groups is 2. The second-order valence-corrected chi connectivity index (χ2v) is 4.08. The monoisotopic (exact) mass is 273 g/mol. The summed E-state index contributed by atoms with van der Waals surface area (Å²) in [5, 5.41) is 9.12. The standard InChI is InChI=1S/C14H15N3O3/c1-15-12(18)7-8-20-14(19)11-9-16-17-13(11)10-5-3-2-4-6-10/h2-6,9H,7-8H2,1H3,(H,15,18)(H,16,17). The number of ether oxygens (including phenoxy) is 1. The first-order valence-electron chi connectivity index (χ1n) is 6.19. The molecule has 1 aromatic heterocycles. The fraction of sp³-hybridized carbons (Fsp3) is 0.214. The Kier molecular flexibility index (Phi) is 4.49. The third-order valence-corrected chi connectivity index (χ3v) is 2.76. The highest BCUT2D eigenvalue weighted by Crippen LogP contribution is 2.21. The van der Waals surface area contributed by atoms with Gasteiger partial charge in [-0.25, -0.2) is 4.79 Å². The predicted octanol–water partition coefficient (Wildman–Crippen LogP) is 1.37. The van der Waals surface area contributed by atoms with Crippen molar-refractivity contribution in [3.8, 4) is 11.3 Å². The molecule has 1 heterocycles. The van der Waals surface area contributed by atoms with E-state index in [2.05, 4.69) is 15.5 Å². The molecule has 6 nitrogen and oxygen atoms in total. The molecular formula is C14H15N3O3. The van der Waals surface area contributed by atoms with Crippen LogP contribution in [0.3, 0.4) is 0 Å². The van der Waals surface area contributed by atoms with Crippen molar-refractivity contribution in [1.29, 1.82) is 0 Å². The van der Waals surface area contributed by atoms with Crippen LogP contribution in [0.4, 0.5) is 0 Å². The van der Waals surface area contributed by atoms with Gasteiger partial charge < -0.3 is 10.1 Å². The molecule has 1 amide bonds. The van der Waals surface area contributed by atoms with Crippen LogP contribution in [-0.2, 0) is 9.53 Å². The van der Waals surface area contributed by atoms with E-state index in [0.29, 0.717) is 11.3 Å². The Bertz CT molecular complexity index is 593. The quantitative estimate of drug-likeness (QED) is 0.806. The van der Waals surface area contributed by atoms with E-state index in [1.807, 2.05) is 30.3 Å². The Labute approximate surface area is 116 Å². The smallest absolute Gasteiger partial charge is 0.342 e. The molecule has 20 heavy (non-hydrogen) atoms.